The molecule has 0 saturated heterocycles. The van der Waals surface area contributed by atoms with E-state index in [0.29, 0.717) is 12.1 Å². The van der Waals surface area contributed by atoms with Gasteiger partial charge in [0.15, 0.2) is 0 Å². The highest BCUT2D eigenvalue weighted by Crippen LogP contribution is 2.44. The Hall–Kier alpha value is -1.02. The minimum absolute atomic E-state index is 0.559. The lowest BCUT2D eigenvalue weighted by molar-refractivity contribution is 0.298. The Labute approximate surface area is 116 Å². The lowest BCUT2D eigenvalue weighted by atomic mass is 9.87. The van der Waals surface area contributed by atoms with E-state index in [1.54, 1.807) is 6.26 Å². The van der Waals surface area contributed by atoms with Gasteiger partial charge in [0.25, 0.3) is 0 Å². The molecule has 0 aliphatic heterocycles. The van der Waals surface area contributed by atoms with E-state index in [4.69, 9.17) is 4.42 Å². The van der Waals surface area contributed by atoms with Crippen LogP contribution in [0.2, 0.25) is 0 Å². The molecule has 1 aromatic heterocycles. The molecule has 19 heavy (non-hydrogen) atoms. The van der Waals surface area contributed by atoms with Gasteiger partial charge in [0.2, 0.25) is 0 Å². The van der Waals surface area contributed by atoms with Crippen molar-refractivity contribution in [1.82, 2.24) is 5.32 Å². The molecule has 2 aliphatic carbocycles. The molecule has 2 bridgehead atoms. The highest BCUT2D eigenvalue weighted by Gasteiger charge is 2.38. The lowest BCUT2D eigenvalue weighted by Crippen LogP contribution is -2.41. The van der Waals surface area contributed by atoms with Crippen LogP contribution in [0.4, 0.5) is 0 Å². The minimum Gasteiger partial charge on any atom is -0.469 e. The van der Waals surface area contributed by atoms with E-state index in [-0.39, 0.29) is 0 Å². The van der Waals surface area contributed by atoms with Crippen LogP contribution in [0.3, 0.4) is 0 Å². The van der Waals surface area contributed by atoms with Crippen molar-refractivity contribution in [2.75, 3.05) is 0 Å². The second kappa shape index (κ2) is 5.54. The van der Waals surface area contributed by atoms with Gasteiger partial charge in [0.05, 0.1) is 6.26 Å². The average molecular weight is 259 g/mol. The molecular formula is C17H25NO. The number of allylic oxidation sites excluding steroid dienone is 2. The molecule has 1 aromatic rings. The van der Waals surface area contributed by atoms with Gasteiger partial charge >= 0.3 is 0 Å². The summed E-state index contributed by atoms with van der Waals surface area (Å²) < 4.78 is 5.39. The molecular weight excluding hydrogens is 234 g/mol. The first kappa shape index (κ1) is 13.0. The summed E-state index contributed by atoms with van der Waals surface area (Å²) in [5.74, 6) is 3.66. The third-order valence-corrected chi connectivity index (χ3v) is 4.92. The zero-order valence-corrected chi connectivity index (χ0v) is 12.0. The molecule has 2 nitrogen and oxygen atoms in total. The molecule has 1 N–H and O–H groups in total. The summed E-state index contributed by atoms with van der Waals surface area (Å²) in [4.78, 5) is 0. The first-order valence-corrected chi connectivity index (χ1v) is 7.69. The largest absolute Gasteiger partial charge is 0.469 e. The lowest BCUT2D eigenvalue weighted by Gasteiger charge is -2.29. The summed E-state index contributed by atoms with van der Waals surface area (Å²) in [6, 6.07) is 5.23. The molecule has 0 radical (unpaired) electrons. The summed E-state index contributed by atoms with van der Waals surface area (Å²) in [6.45, 7) is 4.66. The summed E-state index contributed by atoms with van der Waals surface area (Å²) in [5, 5.41) is 3.79. The predicted octanol–water partition coefficient (Wildman–Crippen LogP) is 3.79. The van der Waals surface area contributed by atoms with Gasteiger partial charge in [0.1, 0.15) is 5.76 Å². The van der Waals surface area contributed by atoms with E-state index in [0.717, 1.165) is 36.4 Å². The Morgan fingerprint density at radius 1 is 1.32 bits per heavy atom. The number of rotatable bonds is 6. The van der Waals surface area contributed by atoms with E-state index in [2.05, 4.69) is 37.4 Å². The van der Waals surface area contributed by atoms with Crippen LogP contribution in [0, 0.1) is 17.8 Å². The van der Waals surface area contributed by atoms with Crippen LogP contribution in [-0.2, 0) is 6.42 Å². The Balaban J connectivity index is 1.44. The zero-order valence-electron chi connectivity index (χ0n) is 12.0. The van der Waals surface area contributed by atoms with Crippen LogP contribution in [-0.4, -0.2) is 12.1 Å². The van der Waals surface area contributed by atoms with Crippen molar-refractivity contribution in [3.8, 4) is 0 Å². The maximum absolute atomic E-state index is 5.39. The van der Waals surface area contributed by atoms with Crippen LogP contribution in [0.15, 0.2) is 35.0 Å². The van der Waals surface area contributed by atoms with Crippen molar-refractivity contribution in [3.63, 3.8) is 0 Å². The molecule has 1 heterocycles. The van der Waals surface area contributed by atoms with Crippen molar-refractivity contribution >= 4 is 0 Å². The van der Waals surface area contributed by atoms with Gasteiger partial charge in [-0.1, -0.05) is 12.2 Å². The van der Waals surface area contributed by atoms with Crippen LogP contribution in [0.5, 0.6) is 0 Å². The van der Waals surface area contributed by atoms with E-state index < -0.39 is 0 Å². The van der Waals surface area contributed by atoms with Crippen LogP contribution >= 0.6 is 0 Å². The van der Waals surface area contributed by atoms with Crippen molar-refractivity contribution in [3.05, 3.63) is 36.3 Å². The standard InChI is InChI=1S/C17H25NO/c1-12(5-8-16-4-3-9-19-16)18-13(2)17-11-14-6-7-15(17)10-14/h3-4,6-7,9,12-15,17-18H,5,8,10-11H2,1-2H3. The summed E-state index contributed by atoms with van der Waals surface area (Å²) in [6.07, 6.45) is 11.6. The second-order valence-electron chi connectivity index (χ2n) is 6.42. The summed E-state index contributed by atoms with van der Waals surface area (Å²) in [5.41, 5.74) is 0. The highest BCUT2D eigenvalue weighted by atomic mass is 16.3. The zero-order chi connectivity index (χ0) is 13.2. The fourth-order valence-electron chi connectivity index (χ4n) is 3.87. The normalized spacial score (nSPS) is 31.8. The number of hydrogen-bond donors (Lipinski definition) is 1. The second-order valence-corrected chi connectivity index (χ2v) is 6.42. The average Bonchev–Trinajstić information content (AvgIpc) is 3.13. The molecule has 1 saturated carbocycles. The van der Waals surface area contributed by atoms with E-state index in [1.807, 2.05) is 6.07 Å². The molecule has 2 aliphatic rings. The summed E-state index contributed by atoms with van der Waals surface area (Å²) >= 11 is 0. The molecule has 3 rings (SSSR count). The van der Waals surface area contributed by atoms with Gasteiger partial charge in [-0.3, -0.25) is 0 Å². The van der Waals surface area contributed by atoms with Crippen molar-refractivity contribution in [1.29, 1.82) is 0 Å². The third-order valence-electron chi connectivity index (χ3n) is 4.92. The van der Waals surface area contributed by atoms with Gasteiger partial charge in [-0.05, 0) is 63.0 Å². The maximum Gasteiger partial charge on any atom is 0.103 e. The van der Waals surface area contributed by atoms with Crippen LogP contribution in [0.1, 0.15) is 38.9 Å². The van der Waals surface area contributed by atoms with Crippen molar-refractivity contribution < 1.29 is 4.42 Å². The van der Waals surface area contributed by atoms with Gasteiger partial charge in [-0.15, -0.1) is 0 Å². The molecule has 1 fully saturated rings. The number of furan rings is 1. The number of aryl methyl sites for hydroxylation is 1. The minimum atomic E-state index is 0.559. The molecule has 0 spiro atoms. The molecule has 5 atom stereocenters. The fourth-order valence-corrected chi connectivity index (χ4v) is 3.87. The van der Waals surface area contributed by atoms with E-state index in [9.17, 15) is 0 Å². The van der Waals surface area contributed by atoms with Crippen LogP contribution < -0.4 is 5.32 Å². The van der Waals surface area contributed by atoms with Crippen LogP contribution in [0.25, 0.3) is 0 Å². The third kappa shape index (κ3) is 2.94. The van der Waals surface area contributed by atoms with E-state index in [1.165, 1.54) is 12.8 Å². The van der Waals surface area contributed by atoms with E-state index >= 15 is 0 Å². The first-order valence-electron chi connectivity index (χ1n) is 7.69. The smallest absolute Gasteiger partial charge is 0.103 e. The Morgan fingerprint density at radius 3 is 2.84 bits per heavy atom. The molecule has 0 aromatic carbocycles. The molecule has 104 valence electrons. The topological polar surface area (TPSA) is 25.2 Å². The highest BCUT2D eigenvalue weighted by molar-refractivity contribution is 5.11. The number of fused-ring (bicyclic) bond motifs is 2. The van der Waals surface area contributed by atoms with Gasteiger partial charge in [0, 0.05) is 18.5 Å². The Bertz CT molecular complexity index is 422. The number of nitrogens with one attached hydrogen (secondary N) is 1. The van der Waals surface area contributed by atoms with Gasteiger partial charge in [-0.25, -0.2) is 0 Å². The first-order chi connectivity index (χ1) is 9.22. The fraction of sp³-hybridized carbons (Fsp3) is 0.647. The maximum atomic E-state index is 5.39. The molecule has 2 heteroatoms. The quantitative estimate of drug-likeness (QED) is 0.786. The monoisotopic (exact) mass is 259 g/mol. The summed E-state index contributed by atoms with van der Waals surface area (Å²) in [7, 11) is 0. The molecule has 5 unspecified atom stereocenters. The van der Waals surface area contributed by atoms with Gasteiger partial charge in [-0.2, -0.15) is 0 Å². The van der Waals surface area contributed by atoms with Gasteiger partial charge < -0.3 is 9.73 Å². The van der Waals surface area contributed by atoms with Crippen molar-refractivity contribution in [2.24, 2.45) is 17.8 Å². The van der Waals surface area contributed by atoms with Crippen molar-refractivity contribution in [2.45, 2.75) is 51.6 Å². The molecule has 0 amide bonds. The SMILES string of the molecule is CC(CCc1ccco1)NC(C)C1CC2C=CC1C2. The number of hydrogen-bond acceptors (Lipinski definition) is 2. The predicted molar refractivity (Wildman–Crippen MR) is 77.9 cm³/mol. The Morgan fingerprint density at radius 2 is 2.21 bits per heavy atom. The Kier molecular flexibility index (Phi) is 3.79.